The molecule has 1 aromatic heterocycles. The molecule has 1 aromatic carbocycles. The van der Waals surface area contributed by atoms with Gasteiger partial charge < -0.3 is 20.1 Å². The Hall–Kier alpha value is -2.71. The second kappa shape index (κ2) is 9.83. The van der Waals surface area contributed by atoms with Gasteiger partial charge >= 0.3 is 0 Å². The van der Waals surface area contributed by atoms with E-state index in [2.05, 4.69) is 16.3 Å². The first-order valence-corrected chi connectivity index (χ1v) is 11.4. The summed E-state index contributed by atoms with van der Waals surface area (Å²) in [7, 11) is 1.90. The van der Waals surface area contributed by atoms with Crippen molar-refractivity contribution >= 4 is 11.7 Å². The Balaban J connectivity index is 1.50. The SMILES string of the molecule is CCOc1ccc(CN2CCc3nc([C@@H]4CCN(C(C)=O)C4)nc(NC)c3C2)cc1CO. The van der Waals surface area contributed by atoms with Crippen LogP contribution in [0.25, 0.3) is 0 Å². The van der Waals surface area contributed by atoms with E-state index in [9.17, 15) is 9.90 Å². The lowest BCUT2D eigenvalue weighted by Crippen LogP contribution is -2.32. The zero-order valence-electron chi connectivity index (χ0n) is 19.2. The number of amides is 1. The molecular weight excluding hydrogens is 406 g/mol. The highest BCUT2D eigenvalue weighted by Crippen LogP contribution is 2.31. The molecule has 3 heterocycles. The topological polar surface area (TPSA) is 90.8 Å². The van der Waals surface area contributed by atoms with Crippen LogP contribution in [-0.2, 0) is 30.9 Å². The van der Waals surface area contributed by atoms with E-state index in [0.29, 0.717) is 13.2 Å². The monoisotopic (exact) mass is 439 g/mol. The molecular formula is C24H33N5O3. The maximum absolute atomic E-state index is 11.7. The van der Waals surface area contributed by atoms with Crippen LogP contribution < -0.4 is 10.1 Å². The number of hydrogen-bond acceptors (Lipinski definition) is 7. The number of ether oxygens (including phenoxy) is 1. The number of rotatable bonds is 7. The highest BCUT2D eigenvalue weighted by Gasteiger charge is 2.30. The van der Waals surface area contributed by atoms with Crippen molar-refractivity contribution in [1.29, 1.82) is 0 Å². The summed E-state index contributed by atoms with van der Waals surface area (Å²) < 4.78 is 5.60. The molecule has 172 valence electrons. The quantitative estimate of drug-likeness (QED) is 0.684. The van der Waals surface area contributed by atoms with Crippen LogP contribution in [0.15, 0.2) is 18.2 Å². The summed E-state index contributed by atoms with van der Waals surface area (Å²) >= 11 is 0. The van der Waals surface area contributed by atoms with Crippen LogP contribution in [0.4, 0.5) is 5.82 Å². The number of likely N-dealkylation sites (tertiary alicyclic amines) is 1. The van der Waals surface area contributed by atoms with E-state index in [1.54, 1.807) is 6.92 Å². The Labute approximate surface area is 189 Å². The maximum atomic E-state index is 11.7. The second-order valence-electron chi connectivity index (χ2n) is 8.55. The van der Waals surface area contributed by atoms with Gasteiger partial charge in [0.1, 0.15) is 17.4 Å². The van der Waals surface area contributed by atoms with Gasteiger partial charge in [-0.2, -0.15) is 0 Å². The molecule has 2 aliphatic rings. The first kappa shape index (κ1) is 22.5. The van der Waals surface area contributed by atoms with Gasteiger partial charge in [-0.25, -0.2) is 9.97 Å². The molecule has 1 amide bonds. The maximum Gasteiger partial charge on any atom is 0.219 e. The van der Waals surface area contributed by atoms with Crippen LogP contribution in [0, 0.1) is 0 Å². The zero-order valence-corrected chi connectivity index (χ0v) is 19.2. The molecule has 8 heteroatoms. The van der Waals surface area contributed by atoms with Gasteiger partial charge in [-0.3, -0.25) is 9.69 Å². The van der Waals surface area contributed by atoms with Crippen molar-refractivity contribution in [3.05, 3.63) is 46.4 Å². The predicted molar refractivity (Wildman–Crippen MR) is 123 cm³/mol. The number of nitrogens with zero attached hydrogens (tertiary/aromatic N) is 4. The lowest BCUT2D eigenvalue weighted by atomic mass is 10.0. The Bertz CT molecular complexity index is 963. The summed E-state index contributed by atoms with van der Waals surface area (Å²) in [5, 5.41) is 13.0. The lowest BCUT2D eigenvalue weighted by Gasteiger charge is -2.30. The highest BCUT2D eigenvalue weighted by molar-refractivity contribution is 5.73. The van der Waals surface area contributed by atoms with E-state index in [1.807, 2.05) is 31.0 Å². The molecule has 2 aliphatic heterocycles. The summed E-state index contributed by atoms with van der Waals surface area (Å²) in [5.74, 6) is 2.81. The summed E-state index contributed by atoms with van der Waals surface area (Å²) in [6, 6.07) is 6.04. The number of fused-ring (bicyclic) bond motifs is 1. The Morgan fingerprint density at radius 2 is 2.16 bits per heavy atom. The minimum atomic E-state index is -0.0330. The normalized spacial score (nSPS) is 18.5. The molecule has 4 rings (SSSR count). The van der Waals surface area contributed by atoms with Gasteiger partial charge in [-0.05, 0) is 31.0 Å². The van der Waals surface area contributed by atoms with Gasteiger partial charge in [0.25, 0.3) is 0 Å². The Kier molecular flexibility index (Phi) is 6.91. The van der Waals surface area contributed by atoms with Gasteiger partial charge in [-0.15, -0.1) is 0 Å². The molecule has 0 spiro atoms. The van der Waals surface area contributed by atoms with Crippen LogP contribution >= 0.6 is 0 Å². The van der Waals surface area contributed by atoms with E-state index in [-0.39, 0.29) is 18.4 Å². The van der Waals surface area contributed by atoms with Crippen molar-refractivity contribution in [2.24, 2.45) is 0 Å². The summed E-state index contributed by atoms with van der Waals surface area (Å²) in [6.45, 7) is 8.08. The van der Waals surface area contributed by atoms with E-state index in [4.69, 9.17) is 14.7 Å². The van der Waals surface area contributed by atoms with Gasteiger partial charge in [0.05, 0.1) is 18.9 Å². The molecule has 0 bridgehead atoms. The minimum Gasteiger partial charge on any atom is -0.494 e. The molecule has 2 aromatic rings. The van der Waals surface area contributed by atoms with E-state index in [0.717, 1.165) is 78.8 Å². The number of aliphatic hydroxyl groups is 1. The fraction of sp³-hybridized carbons (Fsp3) is 0.542. The average Bonchev–Trinajstić information content (AvgIpc) is 3.30. The van der Waals surface area contributed by atoms with Crippen molar-refractivity contribution in [3.8, 4) is 5.75 Å². The second-order valence-corrected chi connectivity index (χ2v) is 8.55. The average molecular weight is 440 g/mol. The predicted octanol–water partition coefficient (Wildman–Crippen LogP) is 2.30. The minimum absolute atomic E-state index is 0.0330. The molecule has 8 nitrogen and oxygen atoms in total. The Morgan fingerprint density at radius 1 is 1.31 bits per heavy atom. The number of benzene rings is 1. The van der Waals surface area contributed by atoms with Crippen molar-refractivity contribution in [1.82, 2.24) is 19.8 Å². The standard InChI is InChI=1S/C24H33N5O3/c1-4-32-22-6-5-17(11-19(22)15-30)12-28-9-8-21-20(14-28)24(25-3)27-23(26-21)18-7-10-29(13-18)16(2)31/h5-6,11,18,30H,4,7-10,12-15H2,1-3H3,(H,25,26,27)/t18-/m1/s1. The molecule has 1 atom stereocenters. The van der Waals surface area contributed by atoms with Crippen molar-refractivity contribution in [3.63, 3.8) is 0 Å². The van der Waals surface area contributed by atoms with E-state index >= 15 is 0 Å². The Morgan fingerprint density at radius 3 is 2.84 bits per heavy atom. The third-order valence-electron chi connectivity index (χ3n) is 6.39. The molecule has 1 fully saturated rings. The van der Waals surface area contributed by atoms with Crippen molar-refractivity contribution in [2.45, 2.75) is 52.3 Å². The molecule has 0 radical (unpaired) electrons. The smallest absolute Gasteiger partial charge is 0.219 e. The van der Waals surface area contributed by atoms with Gasteiger partial charge in [0, 0.05) is 70.2 Å². The number of hydrogen-bond donors (Lipinski definition) is 2. The van der Waals surface area contributed by atoms with E-state index < -0.39 is 0 Å². The third kappa shape index (κ3) is 4.71. The number of aromatic nitrogens is 2. The number of nitrogens with one attached hydrogen (secondary N) is 1. The van der Waals surface area contributed by atoms with Crippen LogP contribution in [0.2, 0.25) is 0 Å². The summed E-state index contributed by atoms with van der Waals surface area (Å²) in [4.78, 5) is 25.7. The van der Waals surface area contributed by atoms with Crippen LogP contribution in [0.3, 0.4) is 0 Å². The molecule has 0 aliphatic carbocycles. The summed E-state index contributed by atoms with van der Waals surface area (Å²) in [6.07, 6.45) is 1.78. The lowest BCUT2D eigenvalue weighted by molar-refractivity contribution is -0.127. The van der Waals surface area contributed by atoms with Gasteiger partial charge in [-0.1, -0.05) is 6.07 Å². The first-order valence-electron chi connectivity index (χ1n) is 11.4. The van der Waals surface area contributed by atoms with Crippen LogP contribution in [0.5, 0.6) is 5.75 Å². The molecule has 0 unspecified atom stereocenters. The van der Waals surface area contributed by atoms with Crippen LogP contribution in [-0.4, -0.2) is 64.1 Å². The van der Waals surface area contributed by atoms with E-state index in [1.165, 1.54) is 0 Å². The fourth-order valence-electron chi connectivity index (χ4n) is 4.68. The van der Waals surface area contributed by atoms with Gasteiger partial charge in [0.2, 0.25) is 5.91 Å². The van der Waals surface area contributed by atoms with Crippen molar-refractivity contribution < 1.29 is 14.6 Å². The fourth-order valence-corrected chi connectivity index (χ4v) is 4.68. The number of anilines is 1. The molecule has 0 saturated carbocycles. The van der Waals surface area contributed by atoms with Crippen LogP contribution in [0.1, 0.15) is 54.4 Å². The summed E-state index contributed by atoms with van der Waals surface area (Å²) in [5.41, 5.74) is 4.23. The molecule has 32 heavy (non-hydrogen) atoms. The highest BCUT2D eigenvalue weighted by atomic mass is 16.5. The number of aliphatic hydroxyl groups excluding tert-OH is 1. The molecule has 2 N–H and O–H groups in total. The largest absolute Gasteiger partial charge is 0.494 e. The number of carbonyl (C=O) groups excluding carboxylic acids is 1. The number of carbonyl (C=O) groups is 1. The molecule has 1 saturated heterocycles. The first-order chi connectivity index (χ1) is 15.5. The zero-order chi connectivity index (χ0) is 22.7. The third-order valence-corrected chi connectivity index (χ3v) is 6.39. The van der Waals surface area contributed by atoms with Gasteiger partial charge in [0.15, 0.2) is 0 Å². The van der Waals surface area contributed by atoms with Crippen molar-refractivity contribution in [2.75, 3.05) is 38.6 Å².